The Bertz CT molecular complexity index is 698. The molecule has 0 aromatic carbocycles. The lowest BCUT2D eigenvalue weighted by Gasteiger charge is -2.12. The molecule has 1 aliphatic rings. The molecule has 106 valence electrons. The molecule has 2 aromatic heterocycles. The minimum Gasteiger partial charge on any atom is -0.305 e. The standard InChI is InChI=1S/C14H17IN4O/c1-8-10(7-16-19(8)2)13-17-12(9-5-3-4-6-9)11(15)14(20)18-13/h7,9H,3-6H2,1-2H3,(H,17,18,20). The monoisotopic (exact) mass is 384 g/mol. The van der Waals surface area contributed by atoms with Crippen molar-refractivity contribution in [2.75, 3.05) is 0 Å². The van der Waals surface area contributed by atoms with E-state index in [4.69, 9.17) is 4.98 Å². The van der Waals surface area contributed by atoms with Crippen LogP contribution in [-0.2, 0) is 7.05 Å². The van der Waals surface area contributed by atoms with E-state index in [1.807, 2.05) is 14.0 Å². The van der Waals surface area contributed by atoms with Gasteiger partial charge in [-0.3, -0.25) is 9.48 Å². The van der Waals surface area contributed by atoms with Crippen molar-refractivity contribution in [1.82, 2.24) is 19.7 Å². The van der Waals surface area contributed by atoms with Crippen molar-refractivity contribution in [2.24, 2.45) is 7.05 Å². The van der Waals surface area contributed by atoms with Gasteiger partial charge in [0.1, 0.15) is 5.82 Å². The highest BCUT2D eigenvalue weighted by atomic mass is 127. The van der Waals surface area contributed by atoms with Crippen LogP contribution in [0.15, 0.2) is 11.0 Å². The molecule has 0 atom stereocenters. The largest absolute Gasteiger partial charge is 0.305 e. The molecule has 1 N–H and O–H groups in total. The number of aryl methyl sites for hydroxylation is 1. The van der Waals surface area contributed by atoms with E-state index in [1.165, 1.54) is 12.8 Å². The third-order valence-electron chi connectivity index (χ3n) is 4.12. The number of aromatic nitrogens is 4. The van der Waals surface area contributed by atoms with Crippen LogP contribution in [0.2, 0.25) is 0 Å². The van der Waals surface area contributed by atoms with Gasteiger partial charge in [0.25, 0.3) is 5.56 Å². The highest BCUT2D eigenvalue weighted by molar-refractivity contribution is 14.1. The predicted octanol–water partition coefficient (Wildman–Crippen LogP) is 2.74. The first kappa shape index (κ1) is 13.8. The molecule has 6 heteroatoms. The molecule has 2 aromatic rings. The van der Waals surface area contributed by atoms with Crippen molar-refractivity contribution in [3.05, 3.63) is 31.5 Å². The van der Waals surface area contributed by atoms with Gasteiger partial charge in [-0.05, 0) is 42.4 Å². The van der Waals surface area contributed by atoms with E-state index in [0.29, 0.717) is 11.7 Å². The maximum absolute atomic E-state index is 12.2. The minimum atomic E-state index is -0.0410. The zero-order valence-corrected chi connectivity index (χ0v) is 13.8. The van der Waals surface area contributed by atoms with Crippen LogP contribution in [0.5, 0.6) is 0 Å². The van der Waals surface area contributed by atoms with Crippen LogP contribution in [0.4, 0.5) is 0 Å². The fraction of sp³-hybridized carbons (Fsp3) is 0.500. The molecule has 2 heterocycles. The molecule has 0 unspecified atom stereocenters. The van der Waals surface area contributed by atoms with Gasteiger partial charge in [0.2, 0.25) is 0 Å². The third kappa shape index (κ3) is 2.30. The van der Waals surface area contributed by atoms with Gasteiger partial charge in [-0.25, -0.2) is 4.98 Å². The van der Waals surface area contributed by atoms with Gasteiger partial charge in [-0.1, -0.05) is 12.8 Å². The van der Waals surface area contributed by atoms with Crippen molar-refractivity contribution in [1.29, 1.82) is 0 Å². The molecule has 0 bridgehead atoms. The summed E-state index contributed by atoms with van der Waals surface area (Å²) >= 11 is 2.12. The smallest absolute Gasteiger partial charge is 0.264 e. The third-order valence-corrected chi connectivity index (χ3v) is 5.16. The van der Waals surface area contributed by atoms with E-state index < -0.39 is 0 Å². The summed E-state index contributed by atoms with van der Waals surface area (Å²) in [4.78, 5) is 19.8. The molecule has 0 spiro atoms. The zero-order valence-electron chi connectivity index (χ0n) is 11.6. The summed E-state index contributed by atoms with van der Waals surface area (Å²) in [6.45, 7) is 1.98. The van der Waals surface area contributed by atoms with E-state index in [2.05, 4.69) is 32.7 Å². The Hall–Kier alpha value is -1.18. The van der Waals surface area contributed by atoms with Gasteiger partial charge in [0.15, 0.2) is 0 Å². The fourth-order valence-electron chi connectivity index (χ4n) is 2.80. The van der Waals surface area contributed by atoms with Crippen LogP contribution >= 0.6 is 22.6 Å². The summed E-state index contributed by atoms with van der Waals surface area (Å²) in [6, 6.07) is 0. The van der Waals surface area contributed by atoms with Crippen molar-refractivity contribution in [2.45, 2.75) is 38.5 Å². The lowest BCUT2D eigenvalue weighted by Crippen LogP contribution is -2.18. The van der Waals surface area contributed by atoms with Crippen molar-refractivity contribution in [3.8, 4) is 11.4 Å². The Labute approximate surface area is 131 Å². The number of hydrogen-bond acceptors (Lipinski definition) is 3. The normalized spacial score (nSPS) is 15.9. The highest BCUT2D eigenvalue weighted by Gasteiger charge is 2.23. The first-order valence-electron chi connectivity index (χ1n) is 6.86. The second-order valence-corrected chi connectivity index (χ2v) is 6.44. The minimum absolute atomic E-state index is 0.0410. The SMILES string of the molecule is Cc1c(-c2nc(C3CCCC3)c(I)c(=O)[nH]2)cnn1C. The van der Waals surface area contributed by atoms with Gasteiger partial charge >= 0.3 is 0 Å². The molecule has 1 fully saturated rings. The molecule has 0 aliphatic heterocycles. The average Bonchev–Trinajstić information content (AvgIpc) is 3.05. The van der Waals surface area contributed by atoms with E-state index in [0.717, 1.165) is 33.4 Å². The lowest BCUT2D eigenvalue weighted by atomic mass is 10.0. The zero-order chi connectivity index (χ0) is 14.3. The van der Waals surface area contributed by atoms with E-state index in [1.54, 1.807) is 10.9 Å². The first-order chi connectivity index (χ1) is 9.58. The predicted molar refractivity (Wildman–Crippen MR) is 85.7 cm³/mol. The van der Waals surface area contributed by atoms with Crippen LogP contribution in [0, 0.1) is 10.5 Å². The number of H-pyrrole nitrogens is 1. The Morgan fingerprint density at radius 1 is 1.40 bits per heavy atom. The number of hydrogen-bond donors (Lipinski definition) is 1. The number of aromatic amines is 1. The number of nitrogens with one attached hydrogen (secondary N) is 1. The molecule has 3 rings (SSSR count). The Morgan fingerprint density at radius 2 is 2.10 bits per heavy atom. The van der Waals surface area contributed by atoms with Crippen LogP contribution in [0.25, 0.3) is 11.4 Å². The highest BCUT2D eigenvalue weighted by Crippen LogP contribution is 2.35. The molecule has 1 aliphatic carbocycles. The number of rotatable bonds is 2. The molecule has 0 radical (unpaired) electrons. The van der Waals surface area contributed by atoms with Gasteiger partial charge in [0.05, 0.1) is 21.0 Å². The van der Waals surface area contributed by atoms with Gasteiger partial charge in [-0.2, -0.15) is 5.10 Å². The second kappa shape index (κ2) is 5.31. The molecular weight excluding hydrogens is 367 g/mol. The fourth-order valence-corrected chi connectivity index (χ4v) is 3.50. The first-order valence-corrected chi connectivity index (χ1v) is 7.94. The van der Waals surface area contributed by atoms with E-state index in [9.17, 15) is 4.79 Å². The molecule has 0 saturated heterocycles. The van der Waals surface area contributed by atoms with Crippen LogP contribution in [-0.4, -0.2) is 19.7 Å². The summed E-state index contributed by atoms with van der Waals surface area (Å²) in [5.74, 6) is 1.07. The van der Waals surface area contributed by atoms with E-state index in [-0.39, 0.29) is 5.56 Å². The Balaban J connectivity index is 2.13. The van der Waals surface area contributed by atoms with Crippen molar-refractivity contribution >= 4 is 22.6 Å². The van der Waals surface area contributed by atoms with Crippen LogP contribution in [0.3, 0.4) is 0 Å². The van der Waals surface area contributed by atoms with E-state index >= 15 is 0 Å². The van der Waals surface area contributed by atoms with Gasteiger partial charge in [-0.15, -0.1) is 0 Å². The van der Waals surface area contributed by atoms with Gasteiger partial charge in [0, 0.05) is 18.7 Å². The maximum Gasteiger partial charge on any atom is 0.264 e. The quantitative estimate of drug-likeness (QED) is 0.810. The topological polar surface area (TPSA) is 63.6 Å². The molecular formula is C14H17IN4O. The Kier molecular flexibility index (Phi) is 3.66. The van der Waals surface area contributed by atoms with Crippen molar-refractivity contribution in [3.63, 3.8) is 0 Å². The van der Waals surface area contributed by atoms with Crippen LogP contribution in [0.1, 0.15) is 43.0 Å². The second-order valence-electron chi connectivity index (χ2n) is 5.36. The average molecular weight is 384 g/mol. The maximum atomic E-state index is 12.2. The molecule has 0 amide bonds. The number of halogens is 1. The summed E-state index contributed by atoms with van der Waals surface area (Å²) < 4.78 is 2.53. The molecule has 1 saturated carbocycles. The number of nitrogens with zero attached hydrogens (tertiary/aromatic N) is 3. The summed E-state index contributed by atoms with van der Waals surface area (Å²) in [5.41, 5.74) is 2.83. The summed E-state index contributed by atoms with van der Waals surface area (Å²) in [5, 5.41) is 4.22. The summed E-state index contributed by atoms with van der Waals surface area (Å²) in [7, 11) is 1.89. The lowest BCUT2D eigenvalue weighted by molar-refractivity contribution is 0.687. The van der Waals surface area contributed by atoms with Gasteiger partial charge < -0.3 is 4.98 Å². The molecule has 5 nitrogen and oxygen atoms in total. The molecule has 20 heavy (non-hydrogen) atoms. The Morgan fingerprint density at radius 3 is 2.70 bits per heavy atom. The van der Waals surface area contributed by atoms with Crippen molar-refractivity contribution < 1.29 is 0 Å². The van der Waals surface area contributed by atoms with Crippen LogP contribution < -0.4 is 5.56 Å². The summed E-state index contributed by atoms with van der Waals surface area (Å²) in [6.07, 6.45) is 6.50.